The molecule has 1 atom stereocenters. The standard InChI is InChI=1S/C14H29NO3/c1-3-4-5-14(2)15-6-8-16-10-12-18-13-11-17-9-7-15/h14H,3-13H2,1-2H3. The maximum atomic E-state index is 5.58. The molecule has 0 amide bonds. The van der Waals surface area contributed by atoms with Gasteiger partial charge in [0.1, 0.15) is 0 Å². The summed E-state index contributed by atoms with van der Waals surface area (Å²) in [6.45, 7) is 10.9. The summed E-state index contributed by atoms with van der Waals surface area (Å²) in [5, 5.41) is 0. The maximum absolute atomic E-state index is 5.58. The van der Waals surface area contributed by atoms with Crippen molar-refractivity contribution in [3.63, 3.8) is 0 Å². The predicted molar refractivity (Wildman–Crippen MR) is 73.0 cm³/mol. The smallest absolute Gasteiger partial charge is 0.0701 e. The summed E-state index contributed by atoms with van der Waals surface area (Å²) < 4.78 is 16.5. The van der Waals surface area contributed by atoms with Crippen LogP contribution in [0.5, 0.6) is 0 Å². The van der Waals surface area contributed by atoms with Crippen molar-refractivity contribution >= 4 is 0 Å². The van der Waals surface area contributed by atoms with E-state index in [1.54, 1.807) is 0 Å². The van der Waals surface area contributed by atoms with Crippen LogP contribution in [-0.2, 0) is 14.2 Å². The van der Waals surface area contributed by atoms with Crippen molar-refractivity contribution in [1.29, 1.82) is 0 Å². The predicted octanol–water partition coefficient (Wildman–Crippen LogP) is 1.93. The minimum Gasteiger partial charge on any atom is -0.378 e. The molecule has 0 bridgehead atoms. The van der Waals surface area contributed by atoms with Gasteiger partial charge in [0.15, 0.2) is 0 Å². The Morgan fingerprint density at radius 2 is 1.39 bits per heavy atom. The molecule has 0 aromatic carbocycles. The Hall–Kier alpha value is -0.160. The van der Waals surface area contributed by atoms with E-state index < -0.39 is 0 Å². The van der Waals surface area contributed by atoms with Crippen molar-refractivity contribution in [2.24, 2.45) is 0 Å². The van der Waals surface area contributed by atoms with E-state index in [-0.39, 0.29) is 0 Å². The Morgan fingerprint density at radius 3 is 1.89 bits per heavy atom. The number of hydrogen-bond acceptors (Lipinski definition) is 4. The van der Waals surface area contributed by atoms with Crippen LogP contribution in [0.1, 0.15) is 33.1 Å². The molecule has 4 nitrogen and oxygen atoms in total. The molecule has 1 aliphatic rings. The minimum atomic E-state index is 0.622. The molecular weight excluding hydrogens is 230 g/mol. The van der Waals surface area contributed by atoms with Gasteiger partial charge in [0.2, 0.25) is 0 Å². The molecule has 1 saturated heterocycles. The Labute approximate surface area is 112 Å². The van der Waals surface area contributed by atoms with Crippen LogP contribution in [0.2, 0.25) is 0 Å². The first-order valence-electron chi connectivity index (χ1n) is 7.32. The van der Waals surface area contributed by atoms with E-state index in [1.165, 1.54) is 19.3 Å². The van der Waals surface area contributed by atoms with Crippen LogP contribution in [0, 0.1) is 0 Å². The Kier molecular flexibility index (Phi) is 9.48. The molecule has 1 aliphatic heterocycles. The first kappa shape index (κ1) is 15.9. The van der Waals surface area contributed by atoms with Crippen LogP contribution < -0.4 is 0 Å². The molecule has 1 heterocycles. The highest BCUT2D eigenvalue weighted by molar-refractivity contribution is 4.67. The van der Waals surface area contributed by atoms with Crippen LogP contribution in [-0.4, -0.2) is 63.7 Å². The van der Waals surface area contributed by atoms with Crippen LogP contribution in [0.3, 0.4) is 0 Å². The van der Waals surface area contributed by atoms with Gasteiger partial charge in [0.05, 0.1) is 39.6 Å². The van der Waals surface area contributed by atoms with Crippen molar-refractivity contribution in [2.45, 2.75) is 39.2 Å². The summed E-state index contributed by atoms with van der Waals surface area (Å²) in [5.74, 6) is 0. The van der Waals surface area contributed by atoms with Crippen LogP contribution >= 0.6 is 0 Å². The highest BCUT2D eigenvalue weighted by Gasteiger charge is 2.13. The molecule has 0 aromatic rings. The minimum absolute atomic E-state index is 0.622. The summed E-state index contributed by atoms with van der Waals surface area (Å²) in [4.78, 5) is 2.48. The summed E-state index contributed by atoms with van der Waals surface area (Å²) >= 11 is 0. The summed E-state index contributed by atoms with van der Waals surface area (Å²) in [7, 11) is 0. The normalized spacial score (nSPS) is 23.0. The van der Waals surface area contributed by atoms with Gasteiger partial charge in [-0.3, -0.25) is 4.90 Å². The summed E-state index contributed by atoms with van der Waals surface area (Å²) in [5.41, 5.74) is 0. The largest absolute Gasteiger partial charge is 0.378 e. The number of nitrogens with zero attached hydrogens (tertiary/aromatic N) is 1. The fourth-order valence-electron chi connectivity index (χ4n) is 2.14. The van der Waals surface area contributed by atoms with Gasteiger partial charge < -0.3 is 14.2 Å². The van der Waals surface area contributed by atoms with Gasteiger partial charge >= 0.3 is 0 Å². The van der Waals surface area contributed by atoms with Crippen molar-refractivity contribution in [3.8, 4) is 0 Å². The van der Waals surface area contributed by atoms with Gasteiger partial charge in [-0.1, -0.05) is 19.8 Å². The van der Waals surface area contributed by atoms with Crippen molar-refractivity contribution in [3.05, 3.63) is 0 Å². The SMILES string of the molecule is CCCCC(C)N1CCOCCOCCOCC1. The van der Waals surface area contributed by atoms with E-state index in [9.17, 15) is 0 Å². The van der Waals surface area contributed by atoms with Gasteiger partial charge in [-0.05, 0) is 13.3 Å². The molecule has 1 rings (SSSR count). The second-order valence-corrected chi connectivity index (χ2v) is 4.86. The zero-order valence-corrected chi connectivity index (χ0v) is 12.0. The van der Waals surface area contributed by atoms with Crippen molar-refractivity contribution in [2.75, 3.05) is 52.7 Å². The summed E-state index contributed by atoms with van der Waals surface area (Å²) in [6, 6.07) is 0.622. The molecule has 18 heavy (non-hydrogen) atoms. The molecular formula is C14H29NO3. The highest BCUT2D eigenvalue weighted by Crippen LogP contribution is 2.08. The van der Waals surface area contributed by atoms with Crippen molar-refractivity contribution in [1.82, 2.24) is 4.90 Å². The Balaban J connectivity index is 2.30. The van der Waals surface area contributed by atoms with Gasteiger partial charge in [-0.2, -0.15) is 0 Å². The van der Waals surface area contributed by atoms with Gasteiger partial charge in [0, 0.05) is 19.1 Å². The lowest BCUT2D eigenvalue weighted by atomic mass is 10.1. The number of unbranched alkanes of at least 4 members (excludes halogenated alkanes) is 1. The van der Waals surface area contributed by atoms with E-state index in [4.69, 9.17) is 14.2 Å². The third kappa shape index (κ3) is 7.31. The second-order valence-electron chi connectivity index (χ2n) is 4.86. The molecule has 0 aliphatic carbocycles. The second kappa shape index (κ2) is 10.7. The molecule has 0 saturated carbocycles. The molecule has 4 heteroatoms. The van der Waals surface area contributed by atoms with Crippen LogP contribution in [0.15, 0.2) is 0 Å². The van der Waals surface area contributed by atoms with Crippen molar-refractivity contribution < 1.29 is 14.2 Å². The van der Waals surface area contributed by atoms with Crippen LogP contribution in [0.25, 0.3) is 0 Å². The van der Waals surface area contributed by atoms with E-state index in [0.717, 1.165) is 26.3 Å². The molecule has 108 valence electrons. The summed E-state index contributed by atoms with van der Waals surface area (Å²) in [6.07, 6.45) is 3.83. The lowest BCUT2D eigenvalue weighted by Crippen LogP contribution is -2.38. The number of hydrogen-bond donors (Lipinski definition) is 0. The fraction of sp³-hybridized carbons (Fsp3) is 1.00. The average Bonchev–Trinajstić information content (AvgIpc) is 2.36. The van der Waals surface area contributed by atoms with E-state index in [1.807, 2.05) is 0 Å². The molecule has 0 N–H and O–H groups in total. The lowest BCUT2D eigenvalue weighted by Gasteiger charge is -2.29. The monoisotopic (exact) mass is 259 g/mol. The van der Waals surface area contributed by atoms with E-state index >= 15 is 0 Å². The topological polar surface area (TPSA) is 30.9 Å². The molecule has 0 spiro atoms. The average molecular weight is 259 g/mol. The maximum Gasteiger partial charge on any atom is 0.0701 e. The fourth-order valence-corrected chi connectivity index (χ4v) is 2.14. The van der Waals surface area contributed by atoms with Gasteiger partial charge in [0.25, 0.3) is 0 Å². The van der Waals surface area contributed by atoms with Gasteiger partial charge in [-0.25, -0.2) is 0 Å². The Bertz CT molecular complexity index is 178. The third-order valence-electron chi connectivity index (χ3n) is 3.39. The van der Waals surface area contributed by atoms with E-state index in [0.29, 0.717) is 32.5 Å². The van der Waals surface area contributed by atoms with Crippen LogP contribution in [0.4, 0.5) is 0 Å². The third-order valence-corrected chi connectivity index (χ3v) is 3.39. The molecule has 0 radical (unpaired) electrons. The zero-order valence-electron chi connectivity index (χ0n) is 12.0. The first-order chi connectivity index (χ1) is 8.84. The zero-order chi connectivity index (χ0) is 13.1. The van der Waals surface area contributed by atoms with Gasteiger partial charge in [-0.15, -0.1) is 0 Å². The number of rotatable bonds is 4. The lowest BCUT2D eigenvalue weighted by molar-refractivity contribution is -0.0114. The molecule has 1 unspecified atom stereocenters. The van der Waals surface area contributed by atoms with E-state index in [2.05, 4.69) is 18.7 Å². The molecule has 0 aromatic heterocycles. The first-order valence-corrected chi connectivity index (χ1v) is 7.32. The number of ether oxygens (including phenoxy) is 3. The Morgan fingerprint density at radius 1 is 0.889 bits per heavy atom. The highest BCUT2D eigenvalue weighted by atomic mass is 16.5. The molecule has 1 fully saturated rings. The quantitative estimate of drug-likeness (QED) is 0.772.